The average Bonchev–Trinajstić information content (AvgIpc) is 3.61. The molecule has 1 fully saturated rings. The molecule has 0 heterocycles. The van der Waals surface area contributed by atoms with Crippen molar-refractivity contribution in [1.82, 2.24) is 0 Å². The van der Waals surface area contributed by atoms with Crippen molar-refractivity contribution in [3.05, 3.63) is 109 Å². The van der Waals surface area contributed by atoms with Crippen molar-refractivity contribution in [2.75, 3.05) is 46.8 Å². The van der Waals surface area contributed by atoms with Crippen LogP contribution in [-0.4, -0.2) is 67.5 Å². The maximum Gasteiger partial charge on any atom is 0.339 e. The van der Waals surface area contributed by atoms with Crippen molar-refractivity contribution in [2.24, 2.45) is 0 Å². The number of hydrogen-bond donors (Lipinski definition) is 0. The lowest BCUT2D eigenvalue weighted by Gasteiger charge is -2.11. The predicted molar refractivity (Wildman–Crippen MR) is 151 cm³/mol. The highest BCUT2D eigenvalue weighted by atomic mass is 16.6. The van der Waals surface area contributed by atoms with Crippen LogP contribution in [0.4, 0.5) is 17.1 Å². The lowest BCUT2D eigenvalue weighted by Crippen LogP contribution is -2.15. The van der Waals surface area contributed by atoms with Gasteiger partial charge in [0, 0.05) is 36.4 Å². The van der Waals surface area contributed by atoms with Crippen molar-refractivity contribution in [3.8, 4) is 23.0 Å². The quantitative estimate of drug-likeness (QED) is 0.0919. The summed E-state index contributed by atoms with van der Waals surface area (Å²) in [6, 6.07) is 3.99. The summed E-state index contributed by atoms with van der Waals surface area (Å²) in [6.45, 7) is 1.08. The molecule has 0 unspecified atom stereocenters. The first-order chi connectivity index (χ1) is 20.7. The van der Waals surface area contributed by atoms with Crippen LogP contribution in [0.15, 0.2) is 30.3 Å². The molecule has 0 bridgehead atoms. The van der Waals surface area contributed by atoms with Gasteiger partial charge in [-0.05, 0) is 42.9 Å². The number of fused-ring (bicyclic) bond motifs is 3. The van der Waals surface area contributed by atoms with E-state index in [0.717, 1.165) is 24.3 Å². The summed E-state index contributed by atoms with van der Waals surface area (Å²) in [6.07, 6.45) is 8.39. The van der Waals surface area contributed by atoms with Crippen molar-refractivity contribution in [3.63, 3.8) is 0 Å². The summed E-state index contributed by atoms with van der Waals surface area (Å²) < 4.78 is 20.8. The second-order valence-electron chi connectivity index (χ2n) is 8.93. The molecule has 2 aliphatic rings. The Morgan fingerprint density at radius 3 is 1.98 bits per heavy atom. The van der Waals surface area contributed by atoms with E-state index in [1.54, 1.807) is 32.8 Å². The van der Waals surface area contributed by atoms with Crippen molar-refractivity contribution >= 4 is 28.6 Å². The number of carbonyl (C=O) groups excluding carboxylic acids is 1. The monoisotopic (exact) mass is 590 g/mol. The van der Waals surface area contributed by atoms with Crippen LogP contribution in [0.3, 0.4) is 0 Å². The van der Waals surface area contributed by atoms with Crippen LogP contribution in [0, 0.1) is 73.8 Å². The van der Waals surface area contributed by atoms with Crippen LogP contribution >= 0.6 is 0 Å². The predicted octanol–water partition coefficient (Wildman–Crippen LogP) is 4.07. The van der Waals surface area contributed by atoms with Gasteiger partial charge in [-0.2, -0.15) is 0 Å². The third kappa shape index (κ3) is 7.39. The summed E-state index contributed by atoms with van der Waals surface area (Å²) in [5, 5.41) is 35.6. The van der Waals surface area contributed by atoms with Gasteiger partial charge in [-0.1, -0.05) is 11.8 Å². The summed E-state index contributed by atoms with van der Waals surface area (Å²) >= 11 is 0. The van der Waals surface area contributed by atoms with Gasteiger partial charge in [-0.25, -0.2) is 4.79 Å². The topological polar surface area (TPSA) is 183 Å². The molecule has 0 aliphatic heterocycles. The van der Waals surface area contributed by atoms with Crippen LogP contribution in [0.25, 0.3) is 16.7 Å². The second kappa shape index (κ2) is 14.5. The number of benzene rings is 2. The Morgan fingerprint density at radius 1 is 0.791 bits per heavy atom. The first-order valence-corrected chi connectivity index (χ1v) is 12.8. The molecule has 2 aliphatic carbocycles. The zero-order valence-corrected chi connectivity index (χ0v) is 22.8. The first-order valence-electron chi connectivity index (χ1n) is 12.8. The molecule has 5 radical (unpaired) electrons. The zero-order chi connectivity index (χ0) is 30.9. The Hall–Kier alpha value is -4.71. The van der Waals surface area contributed by atoms with E-state index in [1.165, 1.54) is 6.08 Å². The Balaban J connectivity index is 1.73. The van der Waals surface area contributed by atoms with E-state index in [0.29, 0.717) is 19.1 Å². The molecule has 2 aromatic rings. The highest BCUT2D eigenvalue weighted by molar-refractivity contribution is 6.12. The number of nitro benzene ring substituents is 3. The van der Waals surface area contributed by atoms with Crippen LogP contribution < -0.4 is 0 Å². The Labute approximate surface area is 246 Å². The molecule has 2 aromatic carbocycles. The molecule has 0 amide bonds. The molecular formula is C29H24N3O11. The molecular weight excluding hydrogens is 566 g/mol. The van der Waals surface area contributed by atoms with Crippen LogP contribution in [-0.2, 0) is 18.9 Å². The van der Waals surface area contributed by atoms with E-state index in [1.807, 2.05) is 0 Å². The lowest BCUT2D eigenvalue weighted by molar-refractivity contribution is -0.393. The first kappa shape index (κ1) is 31.2. The number of carbonyl (C=O) groups is 1. The largest absolute Gasteiger partial charge is 0.460 e. The van der Waals surface area contributed by atoms with E-state index >= 15 is 0 Å². The fourth-order valence-corrected chi connectivity index (χ4v) is 4.40. The molecule has 1 saturated carbocycles. The molecule has 4 rings (SSSR count). The van der Waals surface area contributed by atoms with Gasteiger partial charge in [0.2, 0.25) is 0 Å². The molecule has 14 nitrogen and oxygen atoms in total. The highest BCUT2D eigenvalue weighted by Gasteiger charge is 2.38. The standard InChI is InChI=1S/C29H24N3O11/c1-40-9-10-41-11-12-42-13-14-43-29(33)25-17-20(30(34)35)15-23-22(8-4-7-19-5-2-3-6-19)24-16-21(31(36)37)18-26(32(38)39)28(24)27(23)25/h2-3,5-6,8,15-18H,9-14H2,1H3/b22-8-. The van der Waals surface area contributed by atoms with E-state index in [2.05, 4.69) is 11.8 Å². The van der Waals surface area contributed by atoms with E-state index in [9.17, 15) is 35.1 Å². The Kier molecular flexibility index (Phi) is 10.5. The Bertz CT molecular complexity index is 1520. The normalized spacial score (nSPS) is 14.6. The minimum atomic E-state index is -0.998. The lowest BCUT2D eigenvalue weighted by atomic mass is 9.97. The molecule has 0 N–H and O–H groups in total. The number of esters is 1. The van der Waals surface area contributed by atoms with Crippen molar-refractivity contribution < 1.29 is 38.5 Å². The minimum Gasteiger partial charge on any atom is -0.460 e. The average molecular weight is 591 g/mol. The van der Waals surface area contributed by atoms with Gasteiger partial charge in [0.1, 0.15) is 6.61 Å². The molecule has 0 saturated heterocycles. The SMILES string of the molecule is COCCOCCOCCOC(=O)c1cc([N+](=O)[O-])cc2c1-c1c(cc([N+](=O)[O-])cc1[N+](=O)[O-])/C2=C\C#C[C]1[CH][CH][CH][CH]1. The van der Waals surface area contributed by atoms with Gasteiger partial charge in [-0.3, -0.25) is 30.3 Å². The summed E-state index contributed by atoms with van der Waals surface area (Å²) in [4.78, 5) is 46.5. The number of methoxy groups -OCH3 is 1. The van der Waals surface area contributed by atoms with Gasteiger partial charge < -0.3 is 18.9 Å². The number of non-ortho nitro benzene ring substituents is 2. The van der Waals surface area contributed by atoms with Crippen molar-refractivity contribution in [2.45, 2.75) is 0 Å². The van der Waals surface area contributed by atoms with Gasteiger partial charge in [-0.15, -0.1) is 0 Å². The third-order valence-electron chi connectivity index (χ3n) is 6.25. The number of nitrogens with zero attached hydrogens (tertiary/aromatic N) is 3. The van der Waals surface area contributed by atoms with Crippen LogP contribution in [0.5, 0.6) is 0 Å². The maximum absolute atomic E-state index is 13.3. The van der Waals surface area contributed by atoms with Crippen LogP contribution in [0.2, 0.25) is 0 Å². The summed E-state index contributed by atoms with van der Waals surface area (Å²) in [5.41, 5.74) is -1.94. The van der Waals surface area contributed by atoms with Gasteiger partial charge in [0.05, 0.1) is 70.9 Å². The highest BCUT2D eigenvalue weighted by Crippen LogP contribution is 2.52. The Morgan fingerprint density at radius 2 is 1.37 bits per heavy atom. The number of ether oxygens (including phenoxy) is 4. The summed E-state index contributed by atoms with van der Waals surface area (Å²) in [5.74, 6) is 5.34. The van der Waals surface area contributed by atoms with E-state index in [-0.39, 0.29) is 59.8 Å². The number of allylic oxidation sites excluding steroid dienone is 1. The second-order valence-corrected chi connectivity index (χ2v) is 8.93. The van der Waals surface area contributed by atoms with Crippen molar-refractivity contribution in [1.29, 1.82) is 0 Å². The van der Waals surface area contributed by atoms with Gasteiger partial charge in [0.25, 0.3) is 17.1 Å². The fraction of sp³-hybridized carbons (Fsp3) is 0.241. The molecule has 0 spiro atoms. The number of nitro groups is 3. The fourth-order valence-electron chi connectivity index (χ4n) is 4.40. The third-order valence-corrected chi connectivity index (χ3v) is 6.25. The van der Waals surface area contributed by atoms with Crippen LogP contribution in [0.1, 0.15) is 21.5 Å². The zero-order valence-electron chi connectivity index (χ0n) is 22.8. The smallest absolute Gasteiger partial charge is 0.339 e. The minimum absolute atomic E-state index is 0.0120. The van der Waals surface area contributed by atoms with E-state index < -0.39 is 37.8 Å². The molecule has 14 heteroatoms. The molecule has 0 atom stereocenters. The number of rotatable bonds is 13. The number of hydrogen-bond acceptors (Lipinski definition) is 11. The maximum atomic E-state index is 13.3. The molecule has 0 aromatic heterocycles. The van der Waals surface area contributed by atoms with E-state index in [4.69, 9.17) is 18.9 Å². The molecule has 221 valence electrons. The van der Waals surface area contributed by atoms with Gasteiger partial charge in [0.15, 0.2) is 0 Å². The van der Waals surface area contributed by atoms with Gasteiger partial charge >= 0.3 is 5.97 Å². The summed E-state index contributed by atoms with van der Waals surface area (Å²) in [7, 11) is 1.54. The molecule has 43 heavy (non-hydrogen) atoms.